The van der Waals surface area contributed by atoms with Crippen molar-refractivity contribution in [2.45, 2.75) is 50.7 Å². The Bertz CT molecular complexity index is 974. The highest BCUT2D eigenvalue weighted by Gasteiger charge is 2.31. The fourth-order valence-electron chi connectivity index (χ4n) is 4.54. The summed E-state index contributed by atoms with van der Waals surface area (Å²) in [5.74, 6) is 1.39. The van der Waals surface area contributed by atoms with Gasteiger partial charge in [-0.2, -0.15) is 0 Å². The lowest BCUT2D eigenvalue weighted by molar-refractivity contribution is -0.128. The standard InChI is InChI=1S/C25H29ClN2O4/c1-31-22-10-9-18(12-23(22)32-21-7-2-3-8-21)19-13-25(30)28(16-19)15-17-5-4-6-20(11-17)27-24(29)14-26/h4-6,9-12,19,21H,2-3,7-8,13-16H2,1H3,(H,27,29). The van der Waals surface area contributed by atoms with E-state index in [1.165, 1.54) is 12.8 Å². The highest BCUT2D eigenvalue weighted by Crippen LogP contribution is 2.37. The van der Waals surface area contributed by atoms with E-state index in [0.29, 0.717) is 25.2 Å². The zero-order chi connectivity index (χ0) is 22.5. The first-order valence-electron chi connectivity index (χ1n) is 11.1. The number of benzene rings is 2. The average molecular weight is 457 g/mol. The summed E-state index contributed by atoms with van der Waals surface area (Å²) in [5.41, 5.74) is 2.74. The molecular weight excluding hydrogens is 428 g/mol. The number of methoxy groups -OCH3 is 1. The molecule has 0 aromatic heterocycles. The van der Waals surface area contributed by atoms with E-state index in [1.807, 2.05) is 47.4 Å². The van der Waals surface area contributed by atoms with Gasteiger partial charge in [0.25, 0.3) is 0 Å². The van der Waals surface area contributed by atoms with E-state index in [1.54, 1.807) is 7.11 Å². The zero-order valence-corrected chi connectivity index (χ0v) is 19.1. The number of alkyl halides is 1. The van der Waals surface area contributed by atoms with Crippen LogP contribution in [0.25, 0.3) is 0 Å². The maximum atomic E-state index is 12.7. The van der Waals surface area contributed by atoms with E-state index >= 15 is 0 Å². The van der Waals surface area contributed by atoms with E-state index in [0.717, 1.165) is 35.5 Å². The Morgan fingerprint density at radius 1 is 1.16 bits per heavy atom. The molecule has 32 heavy (non-hydrogen) atoms. The maximum absolute atomic E-state index is 12.7. The number of ether oxygens (including phenoxy) is 2. The third-order valence-electron chi connectivity index (χ3n) is 6.17. The van der Waals surface area contributed by atoms with Gasteiger partial charge in [-0.3, -0.25) is 9.59 Å². The number of nitrogens with zero attached hydrogens (tertiary/aromatic N) is 1. The van der Waals surface area contributed by atoms with Crippen LogP contribution in [0.2, 0.25) is 0 Å². The number of carbonyl (C=O) groups excluding carboxylic acids is 2. The van der Waals surface area contributed by atoms with Gasteiger partial charge in [0, 0.05) is 31.1 Å². The normalized spacial score (nSPS) is 18.8. The molecule has 170 valence electrons. The van der Waals surface area contributed by atoms with Crippen molar-refractivity contribution >= 4 is 29.1 Å². The van der Waals surface area contributed by atoms with Crippen molar-refractivity contribution in [3.05, 3.63) is 53.6 Å². The Morgan fingerprint density at radius 3 is 2.72 bits per heavy atom. The molecule has 2 aromatic carbocycles. The lowest BCUT2D eigenvalue weighted by Crippen LogP contribution is -2.24. The molecular formula is C25H29ClN2O4. The van der Waals surface area contributed by atoms with Gasteiger partial charge < -0.3 is 19.7 Å². The Hall–Kier alpha value is -2.73. The highest BCUT2D eigenvalue weighted by molar-refractivity contribution is 6.29. The fraction of sp³-hybridized carbons (Fsp3) is 0.440. The minimum atomic E-state index is -0.253. The molecule has 6 nitrogen and oxygen atoms in total. The Labute approximate surface area is 193 Å². The van der Waals surface area contributed by atoms with Crippen LogP contribution in [-0.2, 0) is 16.1 Å². The van der Waals surface area contributed by atoms with Crippen LogP contribution in [0.15, 0.2) is 42.5 Å². The molecule has 2 amide bonds. The van der Waals surface area contributed by atoms with Crippen LogP contribution < -0.4 is 14.8 Å². The molecule has 2 aromatic rings. The van der Waals surface area contributed by atoms with Crippen molar-refractivity contribution < 1.29 is 19.1 Å². The van der Waals surface area contributed by atoms with E-state index in [-0.39, 0.29) is 29.7 Å². The molecule has 1 atom stereocenters. The molecule has 0 spiro atoms. The summed E-state index contributed by atoms with van der Waals surface area (Å²) in [7, 11) is 1.65. The largest absolute Gasteiger partial charge is 0.493 e. The number of halogens is 1. The summed E-state index contributed by atoms with van der Waals surface area (Å²) in [6.45, 7) is 1.15. The van der Waals surface area contributed by atoms with Crippen LogP contribution in [0.3, 0.4) is 0 Å². The number of amides is 2. The lowest BCUT2D eigenvalue weighted by Gasteiger charge is -2.19. The molecule has 1 saturated heterocycles. The summed E-state index contributed by atoms with van der Waals surface area (Å²) in [4.78, 5) is 26.2. The van der Waals surface area contributed by atoms with Gasteiger partial charge >= 0.3 is 0 Å². The molecule has 1 N–H and O–H groups in total. The van der Waals surface area contributed by atoms with E-state index < -0.39 is 0 Å². The van der Waals surface area contributed by atoms with Crippen LogP contribution in [0.4, 0.5) is 5.69 Å². The Balaban J connectivity index is 1.44. The molecule has 1 heterocycles. The molecule has 1 aliphatic heterocycles. The number of likely N-dealkylation sites (tertiary alicyclic amines) is 1. The molecule has 4 rings (SSSR count). The molecule has 1 unspecified atom stereocenters. The fourth-order valence-corrected chi connectivity index (χ4v) is 4.60. The average Bonchev–Trinajstić information content (AvgIpc) is 3.44. The minimum Gasteiger partial charge on any atom is -0.493 e. The summed E-state index contributed by atoms with van der Waals surface area (Å²) >= 11 is 5.57. The minimum absolute atomic E-state index is 0.0924. The molecule has 1 aliphatic carbocycles. The number of nitrogens with one attached hydrogen (secondary N) is 1. The molecule has 2 fully saturated rings. The summed E-state index contributed by atoms with van der Waals surface area (Å²) < 4.78 is 11.7. The number of hydrogen-bond donors (Lipinski definition) is 1. The third-order valence-corrected chi connectivity index (χ3v) is 6.42. The molecule has 0 radical (unpaired) electrons. The van der Waals surface area contributed by atoms with Gasteiger partial charge in [0.2, 0.25) is 11.8 Å². The van der Waals surface area contributed by atoms with Crippen LogP contribution in [0.5, 0.6) is 11.5 Å². The molecule has 2 aliphatic rings. The second-order valence-electron chi connectivity index (χ2n) is 8.49. The van der Waals surface area contributed by atoms with Crippen LogP contribution >= 0.6 is 11.6 Å². The first-order valence-corrected chi connectivity index (χ1v) is 11.7. The summed E-state index contributed by atoms with van der Waals surface area (Å²) in [6, 6.07) is 13.5. The van der Waals surface area contributed by atoms with Crippen molar-refractivity contribution in [1.29, 1.82) is 0 Å². The Morgan fingerprint density at radius 2 is 1.97 bits per heavy atom. The Kier molecular flexibility index (Phi) is 7.20. The van der Waals surface area contributed by atoms with Gasteiger partial charge in [0.05, 0.1) is 13.2 Å². The second kappa shape index (κ2) is 10.3. The van der Waals surface area contributed by atoms with Crippen molar-refractivity contribution in [2.75, 3.05) is 24.9 Å². The zero-order valence-electron chi connectivity index (χ0n) is 18.3. The van der Waals surface area contributed by atoms with Gasteiger partial charge in [-0.15, -0.1) is 11.6 Å². The van der Waals surface area contributed by atoms with Gasteiger partial charge in [-0.25, -0.2) is 0 Å². The number of rotatable bonds is 8. The van der Waals surface area contributed by atoms with Gasteiger partial charge in [0.15, 0.2) is 11.5 Å². The first-order chi connectivity index (χ1) is 15.6. The van der Waals surface area contributed by atoms with E-state index in [4.69, 9.17) is 21.1 Å². The number of hydrogen-bond acceptors (Lipinski definition) is 4. The van der Waals surface area contributed by atoms with Crippen LogP contribution in [0, 0.1) is 0 Å². The van der Waals surface area contributed by atoms with Gasteiger partial charge in [0.1, 0.15) is 5.88 Å². The summed E-state index contributed by atoms with van der Waals surface area (Å²) in [6.07, 6.45) is 5.27. The van der Waals surface area contributed by atoms with Crippen LogP contribution in [-0.4, -0.2) is 42.4 Å². The lowest BCUT2D eigenvalue weighted by atomic mass is 9.98. The number of anilines is 1. The summed E-state index contributed by atoms with van der Waals surface area (Å²) in [5, 5.41) is 2.75. The topological polar surface area (TPSA) is 67.9 Å². The SMILES string of the molecule is COc1ccc(C2CC(=O)N(Cc3cccc(NC(=O)CCl)c3)C2)cc1OC1CCCC1. The third kappa shape index (κ3) is 5.36. The van der Waals surface area contributed by atoms with Crippen molar-refractivity contribution in [3.63, 3.8) is 0 Å². The second-order valence-corrected chi connectivity index (χ2v) is 8.76. The molecule has 0 bridgehead atoms. The van der Waals surface area contributed by atoms with E-state index in [9.17, 15) is 9.59 Å². The first kappa shape index (κ1) is 22.5. The van der Waals surface area contributed by atoms with Crippen molar-refractivity contribution in [2.24, 2.45) is 0 Å². The van der Waals surface area contributed by atoms with Gasteiger partial charge in [-0.05, 0) is 61.1 Å². The van der Waals surface area contributed by atoms with Gasteiger partial charge in [-0.1, -0.05) is 18.2 Å². The van der Waals surface area contributed by atoms with Crippen LogP contribution in [0.1, 0.15) is 49.1 Å². The van der Waals surface area contributed by atoms with Crippen molar-refractivity contribution in [3.8, 4) is 11.5 Å². The number of carbonyl (C=O) groups is 2. The predicted molar refractivity (Wildman–Crippen MR) is 124 cm³/mol. The smallest absolute Gasteiger partial charge is 0.239 e. The highest BCUT2D eigenvalue weighted by atomic mass is 35.5. The maximum Gasteiger partial charge on any atom is 0.239 e. The monoisotopic (exact) mass is 456 g/mol. The van der Waals surface area contributed by atoms with E-state index in [2.05, 4.69) is 5.32 Å². The molecule has 7 heteroatoms. The predicted octanol–water partition coefficient (Wildman–Crippen LogP) is 4.71. The van der Waals surface area contributed by atoms with Crippen molar-refractivity contribution in [1.82, 2.24) is 4.90 Å². The quantitative estimate of drug-likeness (QED) is 0.584. The molecule has 1 saturated carbocycles.